The Morgan fingerprint density at radius 3 is 2.74 bits per heavy atom. The number of benzene rings is 2. The molecule has 1 aromatic heterocycles. The zero-order chi connectivity index (χ0) is 16.4. The molecule has 0 saturated heterocycles. The van der Waals surface area contributed by atoms with Gasteiger partial charge in [0.15, 0.2) is 11.3 Å². The molecule has 5 nitrogen and oxygen atoms in total. The molecule has 0 unspecified atom stereocenters. The molecule has 0 bridgehead atoms. The Balaban J connectivity index is 2.17. The van der Waals surface area contributed by atoms with Crippen LogP contribution in [0, 0.1) is 0 Å². The molecular formula is C18H14O5. The molecule has 0 atom stereocenters. The predicted molar refractivity (Wildman–Crippen MR) is 87.1 cm³/mol. The summed E-state index contributed by atoms with van der Waals surface area (Å²) in [6.07, 6.45) is 3.65. The quantitative estimate of drug-likeness (QED) is 0.621. The van der Waals surface area contributed by atoms with E-state index in [9.17, 15) is 15.0 Å². The molecule has 1 aliphatic heterocycles. The molecule has 0 spiro atoms. The Morgan fingerprint density at radius 1 is 1.17 bits per heavy atom. The molecule has 0 fully saturated rings. The van der Waals surface area contributed by atoms with Gasteiger partial charge in [0, 0.05) is 5.56 Å². The van der Waals surface area contributed by atoms with Crippen LogP contribution in [0.4, 0.5) is 0 Å². The summed E-state index contributed by atoms with van der Waals surface area (Å²) >= 11 is 0. The third kappa shape index (κ3) is 1.90. The van der Waals surface area contributed by atoms with Gasteiger partial charge in [-0.15, -0.1) is 0 Å². The van der Waals surface area contributed by atoms with Crippen molar-refractivity contribution in [2.45, 2.75) is 19.4 Å². The molecule has 0 saturated carbocycles. The zero-order valence-corrected chi connectivity index (χ0v) is 12.6. The fourth-order valence-corrected chi connectivity index (χ4v) is 2.82. The highest BCUT2D eigenvalue weighted by molar-refractivity contribution is 5.97. The van der Waals surface area contributed by atoms with Crippen molar-refractivity contribution in [2.24, 2.45) is 0 Å². The van der Waals surface area contributed by atoms with Crippen LogP contribution in [0.1, 0.15) is 19.4 Å². The molecule has 2 aromatic carbocycles. The largest absolute Gasteiger partial charge is 0.507 e. The van der Waals surface area contributed by atoms with Crippen molar-refractivity contribution >= 4 is 28.0 Å². The summed E-state index contributed by atoms with van der Waals surface area (Å²) in [6, 6.07) is 6.17. The highest BCUT2D eigenvalue weighted by Crippen LogP contribution is 2.43. The van der Waals surface area contributed by atoms with Crippen molar-refractivity contribution in [3.63, 3.8) is 0 Å². The Morgan fingerprint density at radius 2 is 1.96 bits per heavy atom. The van der Waals surface area contributed by atoms with Crippen LogP contribution in [0.25, 0.3) is 28.0 Å². The van der Waals surface area contributed by atoms with Gasteiger partial charge in [0.05, 0.1) is 5.39 Å². The fourth-order valence-electron chi connectivity index (χ4n) is 2.82. The monoisotopic (exact) mass is 310 g/mol. The van der Waals surface area contributed by atoms with Gasteiger partial charge in [-0.2, -0.15) is 0 Å². The number of hydrogen-bond acceptors (Lipinski definition) is 5. The summed E-state index contributed by atoms with van der Waals surface area (Å²) in [5.74, 6) is -0.0757. The topological polar surface area (TPSA) is 79.9 Å². The molecule has 1 aliphatic rings. The number of rotatable bonds is 0. The Hall–Kier alpha value is -2.95. The summed E-state index contributed by atoms with van der Waals surface area (Å²) in [6.45, 7) is 3.73. The fraction of sp³-hybridized carbons (Fsp3) is 0.167. The minimum atomic E-state index is -0.562. The molecule has 0 radical (unpaired) electrons. The van der Waals surface area contributed by atoms with E-state index < -0.39 is 11.0 Å². The van der Waals surface area contributed by atoms with Gasteiger partial charge < -0.3 is 19.4 Å². The Kier molecular flexibility index (Phi) is 2.55. The minimum Gasteiger partial charge on any atom is -0.507 e. The van der Waals surface area contributed by atoms with Crippen molar-refractivity contribution < 1.29 is 19.4 Å². The number of fused-ring (bicyclic) bond motifs is 3. The lowest BCUT2D eigenvalue weighted by molar-refractivity contribution is 0.153. The molecule has 2 heterocycles. The van der Waals surface area contributed by atoms with Crippen molar-refractivity contribution in [3.8, 4) is 17.2 Å². The number of phenols is 2. The highest BCUT2D eigenvalue weighted by Gasteiger charge is 2.27. The van der Waals surface area contributed by atoms with Crippen molar-refractivity contribution in [2.75, 3.05) is 0 Å². The van der Waals surface area contributed by atoms with Crippen molar-refractivity contribution in [1.82, 2.24) is 0 Å². The molecule has 5 heteroatoms. The number of ether oxygens (including phenoxy) is 1. The van der Waals surface area contributed by atoms with E-state index in [1.807, 2.05) is 19.9 Å². The second kappa shape index (κ2) is 4.29. The minimum absolute atomic E-state index is 0.0537. The molecule has 0 amide bonds. The SMILES string of the molecule is CC1(C)C=Cc2cc3c(=O)c4c(O)cccc4oc3c(O)c2O1. The Bertz CT molecular complexity index is 1060. The van der Waals surface area contributed by atoms with Gasteiger partial charge in [0.1, 0.15) is 22.3 Å². The molecule has 3 aromatic rings. The molecule has 0 aliphatic carbocycles. The lowest BCUT2D eigenvalue weighted by Gasteiger charge is -2.28. The van der Waals surface area contributed by atoms with Gasteiger partial charge in [-0.05, 0) is 38.1 Å². The maximum atomic E-state index is 12.7. The molecule has 116 valence electrons. The van der Waals surface area contributed by atoms with Crippen LogP contribution < -0.4 is 10.2 Å². The van der Waals surface area contributed by atoms with E-state index in [4.69, 9.17) is 9.15 Å². The second-order valence-corrected chi connectivity index (χ2v) is 6.14. The van der Waals surface area contributed by atoms with Gasteiger partial charge in [-0.1, -0.05) is 12.1 Å². The van der Waals surface area contributed by atoms with E-state index >= 15 is 0 Å². The standard InChI is InChI=1S/C18H14O5/c1-18(2)7-6-9-8-10-14(20)13-11(19)4-3-5-12(13)22-17(10)15(21)16(9)23-18/h3-8,19,21H,1-2H3. The molecular weight excluding hydrogens is 296 g/mol. The molecule has 23 heavy (non-hydrogen) atoms. The first kappa shape index (κ1) is 13.7. The lowest BCUT2D eigenvalue weighted by Crippen LogP contribution is -2.27. The summed E-state index contributed by atoms with van der Waals surface area (Å²) in [5, 5.41) is 20.7. The van der Waals surface area contributed by atoms with Crippen LogP contribution in [0.15, 0.2) is 39.6 Å². The number of hydrogen-bond donors (Lipinski definition) is 2. The summed E-state index contributed by atoms with van der Waals surface area (Å²) in [5.41, 5.74) is -0.0958. The van der Waals surface area contributed by atoms with Crippen LogP contribution >= 0.6 is 0 Å². The Labute approximate surface area is 131 Å². The van der Waals surface area contributed by atoms with E-state index in [1.54, 1.807) is 24.3 Å². The molecule has 2 N–H and O–H groups in total. The average Bonchev–Trinajstić information content (AvgIpc) is 2.49. The second-order valence-electron chi connectivity index (χ2n) is 6.14. The lowest BCUT2D eigenvalue weighted by atomic mass is 10.00. The van der Waals surface area contributed by atoms with Gasteiger partial charge >= 0.3 is 0 Å². The smallest absolute Gasteiger partial charge is 0.204 e. The van der Waals surface area contributed by atoms with Gasteiger partial charge in [-0.25, -0.2) is 0 Å². The first-order valence-corrected chi connectivity index (χ1v) is 7.20. The highest BCUT2D eigenvalue weighted by atomic mass is 16.5. The maximum absolute atomic E-state index is 12.7. The number of phenolic OH excluding ortho intramolecular Hbond substituents is 2. The van der Waals surface area contributed by atoms with Crippen molar-refractivity contribution in [3.05, 3.63) is 46.1 Å². The van der Waals surface area contributed by atoms with Crippen LogP contribution in [-0.4, -0.2) is 15.8 Å². The van der Waals surface area contributed by atoms with E-state index in [2.05, 4.69) is 0 Å². The third-order valence-corrected chi connectivity index (χ3v) is 3.95. The van der Waals surface area contributed by atoms with Gasteiger partial charge in [-0.3, -0.25) is 4.79 Å². The van der Waals surface area contributed by atoms with Crippen molar-refractivity contribution in [1.29, 1.82) is 0 Å². The first-order valence-electron chi connectivity index (χ1n) is 7.20. The first-order chi connectivity index (χ1) is 10.9. The van der Waals surface area contributed by atoms with E-state index in [0.29, 0.717) is 5.56 Å². The van der Waals surface area contributed by atoms with E-state index in [-0.39, 0.29) is 39.2 Å². The summed E-state index contributed by atoms with van der Waals surface area (Å²) in [7, 11) is 0. The normalized spacial score (nSPS) is 15.6. The van der Waals surface area contributed by atoms with Crippen LogP contribution in [-0.2, 0) is 0 Å². The van der Waals surface area contributed by atoms with Crippen LogP contribution in [0.5, 0.6) is 17.2 Å². The predicted octanol–water partition coefficient (Wildman–Crippen LogP) is 3.54. The maximum Gasteiger partial charge on any atom is 0.204 e. The third-order valence-electron chi connectivity index (χ3n) is 3.95. The average molecular weight is 310 g/mol. The van der Waals surface area contributed by atoms with E-state index in [0.717, 1.165) is 0 Å². The van der Waals surface area contributed by atoms with Gasteiger partial charge in [0.25, 0.3) is 0 Å². The summed E-state index contributed by atoms with van der Waals surface area (Å²) < 4.78 is 11.4. The van der Waals surface area contributed by atoms with Gasteiger partial charge in [0.2, 0.25) is 11.2 Å². The van der Waals surface area contributed by atoms with Crippen LogP contribution in [0.3, 0.4) is 0 Å². The van der Waals surface area contributed by atoms with E-state index in [1.165, 1.54) is 6.07 Å². The van der Waals surface area contributed by atoms with Crippen LogP contribution in [0.2, 0.25) is 0 Å². The zero-order valence-electron chi connectivity index (χ0n) is 12.6. The molecule has 4 rings (SSSR count). The number of aromatic hydroxyl groups is 2. The summed E-state index contributed by atoms with van der Waals surface area (Å²) in [4.78, 5) is 12.7.